The molecule has 0 saturated heterocycles. The molecule has 2 aromatic heterocycles. The average molecular weight is 468 g/mol. The Bertz CT molecular complexity index is 1240. The molecule has 10 heteroatoms. The van der Waals surface area contributed by atoms with E-state index in [2.05, 4.69) is 15.6 Å². The second kappa shape index (κ2) is 10.3. The standard InChI is InChI=1S/C23H22FN5O3S/c1-32-13-12-25-23(31)22(20-11-6-14-33-20)29(18-9-4-2-7-16(18)24)21(30)15-28-19-10-5-3-8-17(19)26-27-28/h2-11,14,22H,12-13,15H2,1H3,(H,25,31). The number of carbonyl (C=O) groups excluding carboxylic acids is 2. The molecular formula is C23H22FN5O3S. The maximum Gasteiger partial charge on any atom is 0.249 e. The number of nitrogens with one attached hydrogen (secondary N) is 1. The van der Waals surface area contributed by atoms with E-state index >= 15 is 0 Å². The third kappa shape index (κ3) is 4.91. The number of anilines is 1. The van der Waals surface area contributed by atoms with Gasteiger partial charge in [-0.1, -0.05) is 35.5 Å². The number of hydrogen-bond donors (Lipinski definition) is 1. The summed E-state index contributed by atoms with van der Waals surface area (Å²) in [4.78, 5) is 28.7. The van der Waals surface area contributed by atoms with E-state index in [1.165, 1.54) is 46.2 Å². The highest BCUT2D eigenvalue weighted by molar-refractivity contribution is 7.10. The molecule has 2 aromatic carbocycles. The van der Waals surface area contributed by atoms with E-state index in [0.29, 0.717) is 22.5 Å². The summed E-state index contributed by atoms with van der Waals surface area (Å²) in [5.41, 5.74) is 1.30. The molecule has 2 amide bonds. The summed E-state index contributed by atoms with van der Waals surface area (Å²) in [5, 5.41) is 12.7. The van der Waals surface area contributed by atoms with Gasteiger partial charge in [0, 0.05) is 18.5 Å². The van der Waals surface area contributed by atoms with Gasteiger partial charge in [-0.25, -0.2) is 9.07 Å². The molecule has 1 atom stereocenters. The van der Waals surface area contributed by atoms with Crippen LogP contribution in [-0.2, 0) is 20.9 Å². The summed E-state index contributed by atoms with van der Waals surface area (Å²) in [6.07, 6.45) is 0. The molecule has 8 nitrogen and oxygen atoms in total. The van der Waals surface area contributed by atoms with Crippen LogP contribution in [-0.4, -0.2) is 47.1 Å². The Morgan fingerprint density at radius 1 is 1.15 bits per heavy atom. The maximum atomic E-state index is 14.9. The predicted molar refractivity (Wildman–Crippen MR) is 123 cm³/mol. The Kier molecular flexibility index (Phi) is 7.06. The number of thiophene rings is 1. The minimum absolute atomic E-state index is 0.00668. The van der Waals surface area contributed by atoms with Crippen LogP contribution in [0.15, 0.2) is 66.0 Å². The van der Waals surface area contributed by atoms with Crippen LogP contribution in [0.5, 0.6) is 0 Å². The first kappa shape index (κ1) is 22.6. The molecule has 0 spiro atoms. The first-order valence-corrected chi connectivity index (χ1v) is 11.1. The molecule has 0 aliphatic heterocycles. The number of amides is 2. The summed E-state index contributed by atoms with van der Waals surface area (Å²) in [5.74, 6) is -1.55. The Hall–Kier alpha value is -3.63. The number of aromatic nitrogens is 3. The summed E-state index contributed by atoms with van der Waals surface area (Å²) < 4.78 is 21.4. The van der Waals surface area contributed by atoms with Gasteiger partial charge < -0.3 is 10.1 Å². The van der Waals surface area contributed by atoms with E-state index in [9.17, 15) is 14.0 Å². The average Bonchev–Trinajstić information content (AvgIpc) is 3.49. The molecule has 170 valence electrons. The first-order chi connectivity index (χ1) is 16.1. The zero-order valence-electron chi connectivity index (χ0n) is 17.8. The second-order valence-electron chi connectivity index (χ2n) is 7.15. The maximum absolute atomic E-state index is 14.9. The summed E-state index contributed by atoms with van der Waals surface area (Å²) in [6, 6.07) is 15.6. The Morgan fingerprint density at radius 2 is 1.94 bits per heavy atom. The third-order valence-corrected chi connectivity index (χ3v) is 5.94. The molecule has 0 aliphatic rings. The van der Waals surface area contributed by atoms with Gasteiger partial charge in [0.25, 0.3) is 0 Å². The molecule has 0 aliphatic carbocycles. The van der Waals surface area contributed by atoms with Crippen molar-refractivity contribution in [3.63, 3.8) is 0 Å². The molecule has 33 heavy (non-hydrogen) atoms. The molecule has 0 radical (unpaired) electrons. The fourth-order valence-electron chi connectivity index (χ4n) is 3.50. The molecule has 1 N–H and O–H groups in total. The lowest BCUT2D eigenvalue weighted by Gasteiger charge is -2.30. The van der Waals surface area contributed by atoms with Crippen molar-refractivity contribution in [1.29, 1.82) is 0 Å². The fourth-order valence-corrected chi connectivity index (χ4v) is 4.31. The predicted octanol–water partition coefficient (Wildman–Crippen LogP) is 3.17. The van der Waals surface area contributed by atoms with Gasteiger partial charge in [-0.3, -0.25) is 14.5 Å². The minimum atomic E-state index is -1.07. The Balaban J connectivity index is 1.75. The van der Waals surface area contributed by atoms with Gasteiger partial charge in [-0.15, -0.1) is 16.4 Å². The quantitative estimate of drug-likeness (QED) is 0.382. The van der Waals surface area contributed by atoms with E-state index in [1.807, 2.05) is 12.1 Å². The monoisotopic (exact) mass is 467 g/mol. The number of methoxy groups -OCH3 is 1. The molecule has 4 aromatic rings. The Morgan fingerprint density at radius 3 is 2.70 bits per heavy atom. The van der Waals surface area contributed by atoms with Crippen molar-refractivity contribution in [3.8, 4) is 0 Å². The number of rotatable bonds is 9. The summed E-state index contributed by atoms with van der Waals surface area (Å²) in [6.45, 7) is 0.341. The van der Waals surface area contributed by atoms with Crippen molar-refractivity contribution in [3.05, 3.63) is 76.7 Å². The lowest BCUT2D eigenvalue weighted by Crippen LogP contribution is -2.46. The summed E-state index contributed by atoms with van der Waals surface area (Å²) >= 11 is 1.31. The topological polar surface area (TPSA) is 89.4 Å². The first-order valence-electron chi connectivity index (χ1n) is 10.2. The highest BCUT2D eigenvalue weighted by Gasteiger charge is 2.35. The van der Waals surface area contributed by atoms with E-state index in [1.54, 1.807) is 35.7 Å². The van der Waals surface area contributed by atoms with Crippen LogP contribution in [0.3, 0.4) is 0 Å². The zero-order valence-corrected chi connectivity index (χ0v) is 18.7. The van der Waals surface area contributed by atoms with Crippen molar-refractivity contribution >= 4 is 39.9 Å². The van der Waals surface area contributed by atoms with Gasteiger partial charge in [0.2, 0.25) is 11.8 Å². The number of fused-ring (bicyclic) bond motifs is 1. The molecule has 2 heterocycles. The van der Waals surface area contributed by atoms with E-state index in [-0.39, 0.29) is 18.8 Å². The van der Waals surface area contributed by atoms with Gasteiger partial charge in [0.1, 0.15) is 23.9 Å². The number of benzene rings is 2. The third-order valence-electron chi connectivity index (χ3n) is 5.01. The lowest BCUT2D eigenvalue weighted by molar-refractivity contribution is -0.127. The lowest BCUT2D eigenvalue weighted by atomic mass is 10.1. The molecule has 4 rings (SSSR count). The van der Waals surface area contributed by atoms with Crippen LogP contribution in [0.25, 0.3) is 11.0 Å². The number of para-hydroxylation sites is 2. The molecule has 0 saturated carbocycles. The zero-order chi connectivity index (χ0) is 23.2. The molecule has 1 unspecified atom stereocenters. The van der Waals surface area contributed by atoms with Crippen LogP contribution in [0.1, 0.15) is 10.9 Å². The van der Waals surface area contributed by atoms with E-state index in [0.717, 1.165) is 0 Å². The second-order valence-corrected chi connectivity index (χ2v) is 8.13. The summed E-state index contributed by atoms with van der Waals surface area (Å²) in [7, 11) is 1.53. The van der Waals surface area contributed by atoms with Gasteiger partial charge in [-0.05, 0) is 35.7 Å². The number of ether oxygens (including phenoxy) is 1. The van der Waals surface area contributed by atoms with E-state index in [4.69, 9.17) is 4.74 Å². The number of hydrogen-bond acceptors (Lipinski definition) is 6. The van der Waals surface area contributed by atoms with Crippen molar-refractivity contribution in [2.45, 2.75) is 12.6 Å². The van der Waals surface area contributed by atoms with Crippen molar-refractivity contribution < 1.29 is 18.7 Å². The van der Waals surface area contributed by atoms with Crippen molar-refractivity contribution in [2.24, 2.45) is 0 Å². The molecular weight excluding hydrogens is 445 g/mol. The van der Waals surface area contributed by atoms with Gasteiger partial charge >= 0.3 is 0 Å². The SMILES string of the molecule is COCCNC(=O)C(c1cccs1)N(C(=O)Cn1nnc2ccccc21)c1ccccc1F. The molecule has 0 fully saturated rings. The van der Waals surface area contributed by atoms with Crippen LogP contribution in [0, 0.1) is 5.82 Å². The number of halogens is 1. The van der Waals surface area contributed by atoms with Crippen LogP contribution < -0.4 is 10.2 Å². The Labute approximate surface area is 193 Å². The molecule has 0 bridgehead atoms. The smallest absolute Gasteiger partial charge is 0.249 e. The van der Waals surface area contributed by atoms with Crippen LogP contribution in [0.2, 0.25) is 0 Å². The minimum Gasteiger partial charge on any atom is -0.383 e. The van der Waals surface area contributed by atoms with Crippen LogP contribution >= 0.6 is 11.3 Å². The number of carbonyl (C=O) groups is 2. The van der Waals surface area contributed by atoms with Gasteiger partial charge in [-0.2, -0.15) is 0 Å². The highest BCUT2D eigenvalue weighted by atomic mass is 32.1. The number of nitrogens with zero attached hydrogens (tertiary/aromatic N) is 4. The largest absolute Gasteiger partial charge is 0.383 e. The highest BCUT2D eigenvalue weighted by Crippen LogP contribution is 2.32. The van der Waals surface area contributed by atoms with Crippen molar-refractivity contribution in [1.82, 2.24) is 20.3 Å². The normalized spacial score (nSPS) is 11.9. The van der Waals surface area contributed by atoms with Crippen LogP contribution in [0.4, 0.5) is 10.1 Å². The van der Waals surface area contributed by atoms with Crippen molar-refractivity contribution in [2.75, 3.05) is 25.2 Å². The van der Waals surface area contributed by atoms with Gasteiger partial charge in [0.15, 0.2) is 0 Å². The fraction of sp³-hybridized carbons (Fsp3) is 0.217. The van der Waals surface area contributed by atoms with Gasteiger partial charge in [0.05, 0.1) is 17.8 Å². The van der Waals surface area contributed by atoms with E-state index < -0.39 is 23.7 Å².